The van der Waals surface area contributed by atoms with Crippen LogP contribution in [0, 0.1) is 5.92 Å². The third-order valence-corrected chi connectivity index (χ3v) is 3.29. The fourth-order valence-electron chi connectivity index (χ4n) is 1.73. The minimum atomic E-state index is 0.0116. The second-order valence-electron chi connectivity index (χ2n) is 6.03. The molecule has 0 amide bonds. The first-order valence-corrected chi connectivity index (χ1v) is 7.35. The van der Waals surface area contributed by atoms with E-state index >= 15 is 0 Å². The Kier molecular flexibility index (Phi) is 5.14. The average Bonchev–Trinajstić information content (AvgIpc) is 2.20. The number of aromatic nitrogens is 2. The van der Waals surface area contributed by atoms with Crippen molar-refractivity contribution in [1.82, 2.24) is 9.97 Å². The lowest BCUT2D eigenvalue weighted by atomic mass is 9.91. The summed E-state index contributed by atoms with van der Waals surface area (Å²) in [6, 6.07) is 0. The number of nitrogens with zero attached hydrogens (tertiary/aromatic N) is 2. The number of rotatable bonds is 4. The number of hydrogen-bond acceptors (Lipinski definition) is 3. The molecule has 1 aromatic rings. The van der Waals surface area contributed by atoms with Gasteiger partial charge in [0.1, 0.15) is 11.6 Å². The number of anilines is 1. The molecular formula is C14H24BrN3. The Labute approximate surface area is 119 Å². The largest absolute Gasteiger partial charge is 0.369 e. The fourth-order valence-corrected chi connectivity index (χ4v) is 2.64. The van der Waals surface area contributed by atoms with Crippen LogP contribution in [-0.2, 0) is 11.8 Å². The molecule has 4 heteroatoms. The van der Waals surface area contributed by atoms with Gasteiger partial charge in [-0.3, -0.25) is 0 Å². The van der Waals surface area contributed by atoms with Crippen molar-refractivity contribution in [1.29, 1.82) is 0 Å². The number of hydrogen-bond donors (Lipinski definition) is 1. The molecule has 0 aliphatic heterocycles. The topological polar surface area (TPSA) is 37.8 Å². The molecule has 102 valence electrons. The van der Waals surface area contributed by atoms with E-state index in [1.165, 1.54) is 0 Å². The highest BCUT2D eigenvalue weighted by molar-refractivity contribution is 9.10. The molecule has 0 bridgehead atoms. The first kappa shape index (κ1) is 15.4. The molecule has 0 aromatic carbocycles. The summed E-state index contributed by atoms with van der Waals surface area (Å²) in [7, 11) is 0. The molecule has 1 aromatic heterocycles. The van der Waals surface area contributed by atoms with E-state index in [0.717, 1.165) is 34.8 Å². The maximum Gasteiger partial charge on any atom is 0.144 e. The van der Waals surface area contributed by atoms with Crippen LogP contribution in [0.4, 0.5) is 5.82 Å². The van der Waals surface area contributed by atoms with Crippen molar-refractivity contribution in [3.8, 4) is 0 Å². The molecule has 3 nitrogen and oxygen atoms in total. The quantitative estimate of drug-likeness (QED) is 0.906. The van der Waals surface area contributed by atoms with Crippen LogP contribution in [0.1, 0.15) is 53.1 Å². The standard InChI is InChI=1S/C14H24BrN3/c1-7-16-13-11(15)12(14(4,5)6)17-10(18-13)8-9(2)3/h9H,7-8H2,1-6H3,(H,16,17,18). The number of halogens is 1. The molecule has 0 spiro atoms. The van der Waals surface area contributed by atoms with Crippen molar-refractivity contribution in [3.05, 3.63) is 16.0 Å². The summed E-state index contributed by atoms with van der Waals surface area (Å²) in [6.07, 6.45) is 0.911. The molecule has 1 rings (SSSR count). The summed E-state index contributed by atoms with van der Waals surface area (Å²) in [6.45, 7) is 13.8. The molecule has 0 unspecified atom stereocenters. The van der Waals surface area contributed by atoms with E-state index in [1.807, 2.05) is 0 Å². The van der Waals surface area contributed by atoms with Gasteiger partial charge in [0.05, 0.1) is 10.2 Å². The summed E-state index contributed by atoms with van der Waals surface area (Å²) in [5.41, 5.74) is 1.08. The summed E-state index contributed by atoms with van der Waals surface area (Å²) in [5, 5.41) is 3.30. The monoisotopic (exact) mass is 313 g/mol. The molecule has 0 saturated carbocycles. The molecule has 0 aliphatic rings. The van der Waals surface area contributed by atoms with Gasteiger partial charge in [-0.25, -0.2) is 9.97 Å². The zero-order chi connectivity index (χ0) is 13.9. The van der Waals surface area contributed by atoms with Crippen molar-refractivity contribution in [2.24, 2.45) is 5.92 Å². The summed E-state index contributed by atoms with van der Waals surface area (Å²) < 4.78 is 0.990. The molecule has 0 aliphatic carbocycles. The molecule has 0 atom stereocenters. The summed E-state index contributed by atoms with van der Waals surface area (Å²) >= 11 is 3.63. The smallest absolute Gasteiger partial charge is 0.144 e. The lowest BCUT2D eigenvalue weighted by molar-refractivity contribution is 0.548. The third-order valence-electron chi connectivity index (χ3n) is 2.54. The van der Waals surface area contributed by atoms with E-state index < -0.39 is 0 Å². The van der Waals surface area contributed by atoms with Gasteiger partial charge in [-0.05, 0) is 28.8 Å². The molecule has 1 heterocycles. The first-order chi connectivity index (χ1) is 8.25. The van der Waals surface area contributed by atoms with Gasteiger partial charge in [-0.15, -0.1) is 0 Å². The van der Waals surface area contributed by atoms with Crippen molar-refractivity contribution in [3.63, 3.8) is 0 Å². The first-order valence-electron chi connectivity index (χ1n) is 6.56. The van der Waals surface area contributed by atoms with Gasteiger partial charge in [0.2, 0.25) is 0 Å². The van der Waals surface area contributed by atoms with Gasteiger partial charge in [0, 0.05) is 18.4 Å². The van der Waals surface area contributed by atoms with Crippen LogP contribution < -0.4 is 5.32 Å². The number of nitrogens with one attached hydrogen (secondary N) is 1. The Morgan fingerprint density at radius 2 is 1.83 bits per heavy atom. The second kappa shape index (κ2) is 6.00. The molecule has 18 heavy (non-hydrogen) atoms. The second-order valence-corrected chi connectivity index (χ2v) is 6.82. The fraction of sp³-hybridized carbons (Fsp3) is 0.714. The zero-order valence-corrected chi connectivity index (χ0v) is 13.8. The molecule has 0 fully saturated rings. The van der Waals surface area contributed by atoms with Gasteiger partial charge < -0.3 is 5.32 Å². The van der Waals surface area contributed by atoms with E-state index in [2.05, 4.69) is 67.8 Å². The lowest BCUT2D eigenvalue weighted by Crippen LogP contribution is -2.19. The zero-order valence-electron chi connectivity index (χ0n) is 12.3. The van der Waals surface area contributed by atoms with Crippen molar-refractivity contribution >= 4 is 21.7 Å². The Morgan fingerprint density at radius 1 is 1.22 bits per heavy atom. The van der Waals surface area contributed by atoms with Gasteiger partial charge in [0.15, 0.2) is 0 Å². The highest BCUT2D eigenvalue weighted by Gasteiger charge is 2.23. The van der Waals surface area contributed by atoms with Crippen LogP contribution in [0.3, 0.4) is 0 Å². The van der Waals surface area contributed by atoms with Crippen LogP contribution in [0.5, 0.6) is 0 Å². The summed E-state index contributed by atoms with van der Waals surface area (Å²) in [5.74, 6) is 2.40. The van der Waals surface area contributed by atoms with Crippen molar-refractivity contribution in [2.75, 3.05) is 11.9 Å². The summed E-state index contributed by atoms with van der Waals surface area (Å²) in [4.78, 5) is 9.34. The maximum absolute atomic E-state index is 4.73. The average molecular weight is 314 g/mol. The Balaban J connectivity index is 3.27. The third kappa shape index (κ3) is 3.94. The normalized spacial score (nSPS) is 12.0. The predicted molar refractivity (Wildman–Crippen MR) is 81.1 cm³/mol. The van der Waals surface area contributed by atoms with Crippen molar-refractivity contribution in [2.45, 2.75) is 53.4 Å². The van der Waals surface area contributed by atoms with E-state index in [-0.39, 0.29) is 5.41 Å². The Bertz CT molecular complexity index is 408. The molecular weight excluding hydrogens is 290 g/mol. The van der Waals surface area contributed by atoms with Crippen LogP contribution >= 0.6 is 15.9 Å². The highest BCUT2D eigenvalue weighted by Crippen LogP contribution is 2.32. The van der Waals surface area contributed by atoms with Gasteiger partial charge >= 0.3 is 0 Å². The highest BCUT2D eigenvalue weighted by atomic mass is 79.9. The van der Waals surface area contributed by atoms with Gasteiger partial charge in [-0.1, -0.05) is 34.6 Å². The Morgan fingerprint density at radius 3 is 2.28 bits per heavy atom. The van der Waals surface area contributed by atoms with Crippen LogP contribution in [0.2, 0.25) is 0 Å². The van der Waals surface area contributed by atoms with Crippen LogP contribution in [0.25, 0.3) is 0 Å². The maximum atomic E-state index is 4.73. The predicted octanol–water partition coefficient (Wildman–Crippen LogP) is 4.17. The van der Waals surface area contributed by atoms with Crippen LogP contribution in [-0.4, -0.2) is 16.5 Å². The Hall–Kier alpha value is -0.640. The van der Waals surface area contributed by atoms with Crippen LogP contribution in [0.15, 0.2) is 4.47 Å². The molecule has 0 radical (unpaired) electrons. The lowest BCUT2D eigenvalue weighted by Gasteiger charge is -2.22. The molecule has 1 N–H and O–H groups in total. The van der Waals surface area contributed by atoms with Gasteiger partial charge in [-0.2, -0.15) is 0 Å². The van der Waals surface area contributed by atoms with E-state index in [4.69, 9.17) is 4.98 Å². The van der Waals surface area contributed by atoms with Crippen molar-refractivity contribution < 1.29 is 0 Å². The van der Waals surface area contributed by atoms with E-state index in [9.17, 15) is 0 Å². The van der Waals surface area contributed by atoms with E-state index in [1.54, 1.807) is 0 Å². The van der Waals surface area contributed by atoms with Gasteiger partial charge in [0.25, 0.3) is 0 Å². The molecule has 0 saturated heterocycles. The minimum absolute atomic E-state index is 0.0116. The minimum Gasteiger partial charge on any atom is -0.369 e. The SMILES string of the molecule is CCNc1nc(CC(C)C)nc(C(C)(C)C)c1Br. The van der Waals surface area contributed by atoms with E-state index in [0.29, 0.717) is 5.92 Å².